The summed E-state index contributed by atoms with van der Waals surface area (Å²) in [5.74, 6) is 0.0983. The lowest BCUT2D eigenvalue weighted by Gasteiger charge is -2.17. The first-order valence-corrected chi connectivity index (χ1v) is 6.36. The van der Waals surface area contributed by atoms with Crippen molar-refractivity contribution in [2.45, 2.75) is 31.7 Å². The van der Waals surface area contributed by atoms with Crippen LogP contribution >= 0.6 is 0 Å². The summed E-state index contributed by atoms with van der Waals surface area (Å²) in [7, 11) is 1.72. The van der Waals surface area contributed by atoms with E-state index >= 15 is 0 Å². The van der Waals surface area contributed by atoms with E-state index in [0.717, 1.165) is 26.0 Å². The average molecular weight is 238 g/mol. The minimum Gasteiger partial charge on any atom is -0.385 e. The Hall–Kier alpha value is -0.870. The lowest BCUT2D eigenvalue weighted by atomic mass is 10.0. The summed E-state index contributed by atoms with van der Waals surface area (Å²) in [6.07, 6.45) is 8.05. The van der Waals surface area contributed by atoms with Gasteiger partial charge in [0.2, 0.25) is 5.91 Å². The van der Waals surface area contributed by atoms with Crippen molar-refractivity contribution in [3.63, 3.8) is 0 Å². The zero-order valence-electron chi connectivity index (χ0n) is 10.4. The van der Waals surface area contributed by atoms with Gasteiger partial charge < -0.3 is 15.8 Å². The predicted octanol–water partition coefficient (Wildman–Crippen LogP) is 0.823. The van der Waals surface area contributed by atoms with Crippen molar-refractivity contribution >= 4 is 5.91 Å². The molecule has 17 heavy (non-hydrogen) atoms. The van der Waals surface area contributed by atoms with Crippen LogP contribution in [0.4, 0.5) is 0 Å². The summed E-state index contributed by atoms with van der Waals surface area (Å²) in [5, 5.41) is 3.06. The van der Waals surface area contributed by atoms with Crippen molar-refractivity contribution in [2.24, 2.45) is 17.1 Å². The highest BCUT2D eigenvalue weighted by molar-refractivity contribution is 5.81. The molecule has 0 radical (unpaired) electrons. The fourth-order valence-electron chi connectivity index (χ4n) is 2.34. The molecule has 96 valence electrons. The fourth-order valence-corrected chi connectivity index (χ4v) is 2.34. The van der Waals surface area contributed by atoms with Gasteiger partial charge in [-0.15, -0.1) is 0 Å². The second kappa shape index (κ2) is 5.19. The molecule has 0 aliphatic heterocycles. The number of amides is 1. The lowest BCUT2D eigenvalue weighted by Crippen LogP contribution is -2.35. The van der Waals surface area contributed by atoms with Crippen LogP contribution in [0.3, 0.4) is 0 Å². The largest absolute Gasteiger partial charge is 0.385 e. The minimum atomic E-state index is -0.0248. The van der Waals surface area contributed by atoms with Crippen molar-refractivity contribution in [1.29, 1.82) is 0 Å². The molecule has 2 unspecified atom stereocenters. The smallest absolute Gasteiger partial charge is 0.227 e. The van der Waals surface area contributed by atoms with Gasteiger partial charge in [0.05, 0.1) is 5.92 Å². The number of methoxy groups -OCH3 is 1. The van der Waals surface area contributed by atoms with Gasteiger partial charge in [0.15, 0.2) is 0 Å². The summed E-state index contributed by atoms with van der Waals surface area (Å²) >= 11 is 0. The van der Waals surface area contributed by atoms with E-state index in [9.17, 15) is 4.79 Å². The van der Waals surface area contributed by atoms with Gasteiger partial charge in [0, 0.05) is 26.3 Å². The molecule has 0 heterocycles. The molecule has 2 atom stereocenters. The maximum atomic E-state index is 11.9. The summed E-state index contributed by atoms with van der Waals surface area (Å²) in [4.78, 5) is 11.9. The highest BCUT2D eigenvalue weighted by Gasteiger charge is 2.42. The van der Waals surface area contributed by atoms with Gasteiger partial charge >= 0.3 is 0 Å². The molecule has 0 saturated heterocycles. The normalized spacial score (nSPS) is 29.3. The number of ether oxygens (including phenoxy) is 1. The summed E-state index contributed by atoms with van der Waals surface area (Å²) < 4.78 is 5.10. The zero-order valence-corrected chi connectivity index (χ0v) is 10.4. The Kier molecular flexibility index (Phi) is 3.84. The quantitative estimate of drug-likeness (QED) is 0.673. The van der Waals surface area contributed by atoms with Crippen LogP contribution < -0.4 is 11.1 Å². The van der Waals surface area contributed by atoms with Crippen LogP contribution in [0.1, 0.15) is 25.7 Å². The monoisotopic (exact) mass is 238 g/mol. The van der Waals surface area contributed by atoms with Gasteiger partial charge in [-0.3, -0.25) is 4.79 Å². The average Bonchev–Trinajstić information content (AvgIpc) is 2.97. The molecule has 1 fully saturated rings. The molecule has 0 aromatic carbocycles. The number of carbonyl (C=O) groups excluding carboxylic acids is 1. The second-order valence-electron chi connectivity index (χ2n) is 5.35. The maximum Gasteiger partial charge on any atom is 0.227 e. The molecule has 1 saturated carbocycles. The molecule has 0 aromatic heterocycles. The molecule has 2 aliphatic carbocycles. The third-order valence-corrected chi connectivity index (χ3v) is 3.88. The van der Waals surface area contributed by atoms with Crippen LogP contribution in [0.5, 0.6) is 0 Å². The van der Waals surface area contributed by atoms with Crippen molar-refractivity contribution in [1.82, 2.24) is 5.32 Å². The number of rotatable bonds is 6. The van der Waals surface area contributed by atoms with Crippen molar-refractivity contribution in [3.8, 4) is 0 Å². The van der Waals surface area contributed by atoms with Crippen LogP contribution in [0, 0.1) is 11.3 Å². The molecule has 2 rings (SSSR count). The van der Waals surface area contributed by atoms with E-state index in [1.165, 1.54) is 12.8 Å². The fraction of sp³-hybridized carbons (Fsp3) is 0.769. The number of nitrogens with two attached hydrogens (primary N) is 1. The zero-order chi connectivity index (χ0) is 12.3. The SMILES string of the molecule is COCCC1(CNC(=O)C2C=CC(N)C2)CC1. The molecule has 0 spiro atoms. The summed E-state index contributed by atoms with van der Waals surface area (Å²) in [5.41, 5.74) is 6.06. The molecule has 3 N–H and O–H groups in total. The number of hydrogen-bond acceptors (Lipinski definition) is 3. The Morgan fingerprint density at radius 2 is 2.29 bits per heavy atom. The van der Waals surface area contributed by atoms with Gasteiger partial charge in [0.1, 0.15) is 0 Å². The number of nitrogens with one attached hydrogen (secondary N) is 1. The number of hydrogen-bond donors (Lipinski definition) is 2. The van der Waals surface area contributed by atoms with E-state index < -0.39 is 0 Å². The summed E-state index contributed by atoms with van der Waals surface area (Å²) in [6, 6.07) is 0.0501. The van der Waals surface area contributed by atoms with Gasteiger partial charge in [-0.2, -0.15) is 0 Å². The van der Waals surface area contributed by atoms with Crippen LogP contribution in [0.25, 0.3) is 0 Å². The van der Waals surface area contributed by atoms with Crippen LogP contribution in [0.15, 0.2) is 12.2 Å². The van der Waals surface area contributed by atoms with Crippen molar-refractivity contribution in [2.75, 3.05) is 20.3 Å². The van der Waals surface area contributed by atoms with Crippen molar-refractivity contribution in [3.05, 3.63) is 12.2 Å². The van der Waals surface area contributed by atoms with Gasteiger partial charge in [-0.05, 0) is 31.1 Å². The first-order valence-electron chi connectivity index (χ1n) is 6.36. The van der Waals surface area contributed by atoms with E-state index in [1.807, 2.05) is 12.2 Å². The highest BCUT2D eigenvalue weighted by Crippen LogP contribution is 2.48. The third-order valence-electron chi connectivity index (χ3n) is 3.88. The topological polar surface area (TPSA) is 64.3 Å². The summed E-state index contributed by atoms with van der Waals surface area (Å²) in [6.45, 7) is 1.57. The number of carbonyl (C=O) groups is 1. The van der Waals surface area contributed by atoms with Gasteiger partial charge in [0.25, 0.3) is 0 Å². The Labute approximate surface area is 103 Å². The molecule has 4 heteroatoms. The second-order valence-corrected chi connectivity index (χ2v) is 5.35. The van der Waals surface area contributed by atoms with E-state index in [4.69, 9.17) is 10.5 Å². The maximum absolute atomic E-state index is 11.9. The van der Waals surface area contributed by atoms with Crippen LogP contribution in [-0.2, 0) is 9.53 Å². The van der Waals surface area contributed by atoms with E-state index in [1.54, 1.807) is 7.11 Å². The van der Waals surface area contributed by atoms with Crippen molar-refractivity contribution < 1.29 is 9.53 Å². The Morgan fingerprint density at radius 3 is 2.82 bits per heavy atom. The molecule has 4 nitrogen and oxygen atoms in total. The highest BCUT2D eigenvalue weighted by atomic mass is 16.5. The molecule has 1 amide bonds. The van der Waals surface area contributed by atoms with E-state index in [-0.39, 0.29) is 17.9 Å². The molecule has 2 aliphatic rings. The molecule has 0 aromatic rings. The minimum absolute atomic E-state index is 0.0248. The Bertz CT molecular complexity index is 311. The lowest BCUT2D eigenvalue weighted by molar-refractivity contribution is -0.123. The Balaban J connectivity index is 1.71. The van der Waals surface area contributed by atoms with E-state index in [0.29, 0.717) is 5.41 Å². The van der Waals surface area contributed by atoms with Crippen LogP contribution in [0.2, 0.25) is 0 Å². The van der Waals surface area contributed by atoms with Crippen LogP contribution in [-0.4, -0.2) is 32.2 Å². The van der Waals surface area contributed by atoms with Gasteiger partial charge in [-0.25, -0.2) is 0 Å². The first kappa shape index (κ1) is 12.6. The third kappa shape index (κ3) is 3.30. The molecule has 0 bridgehead atoms. The first-order chi connectivity index (χ1) is 8.15. The standard InChI is InChI=1S/C13H22N2O2/c1-17-7-6-13(4-5-13)9-15-12(16)10-2-3-11(14)8-10/h2-3,10-11H,4-9,14H2,1H3,(H,15,16). The predicted molar refractivity (Wildman–Crippen MR) is 66.4 cm³/mol. The Morgan fingerprint density at radius 1 is 1.53 bits per heavy atom. The van der Waals surface area contributed by atoms with E-state index in [2.05, 4.69) is 5.32 Å². The molecular weight excluding hydrogens is 216 g/mol. The van der Waals surface area contributed by atoms with Gasteiger partial charge in [-0.1, -0.05) is 12.2 Å². The molecular formula is C13H22N2O2.